The largest absolute Gasteiger partial charge is 0.391 e. The number of aliphatic hydroxyl groups is 1. The van der Waals surface area contributed by atoms with Crippen LogP contribution in [0.15, 0.2) is 30.3 Å². The predicted octanol–water partition coefficient (Wildman–Crippen LogP) is 2.52. The lowest BCUT2D eigenvalue weighted by Gasteiger charge is -2.43. The first-order valence-electron chi connectivity index (χ1n) is 8.33. The van der Waals surface area contributed by atoms with Crippen molar-refractivity contribution in [3.63, 3.8) is 0 Å². The molecule has 22 heavy (non-hydrogen) atoms. The Kier molecular flexibility index (Phi) is 4.39. The molecule has 4 heteroatoms. The molecule has 1 aromatic carbocycles. The minimum absolute atomic E-state index is 0.0816. The van der Waals surface area contributed by atoms with Crippen molar-refractivity contribution in [1.82, 2.24) is 10.2 Å². The molecule has 0 heterocycles. The van der Waals surface area contributed by atoms with Gasteiger partial charge >= 0.3 is 6.03 Å². The summed E-state index contributed by atoms with van der Waals surface area (Å²) in [5, 5.41) is 13.0. The number of hydrogen-bond donors (Lipinski definition) is 2. The summed E-state index contributed by atoms with van der Waals surface area (Å²) in [6.45, 7) is 1.11. The van der Waals surface area contributed by atoms with Crippen LogP contribution < -0.4 is 5.32 Å². The van der Waals surface area contributed by atoms with Crippen LogP contribution in [0.5, 0.6) is 0 Å². The van der Waals surface area contributed by atoms with Gasteiger partial charge in [-0.15, -0.1) is 0 Å². The van der Waals surface area contributed by atoms with Gasteiger partial charge in [-0.05, 0) is 37.2 Å². The number of nitrogens with one attached hydrogen (secondary N) is 1. The van der Waals surface area contributed by atoms with Crippen LogP contribution in [-0.2, 0) is 5.41 Å². The van der Waals surface area contributed by atoms with E-state index in [1.165, 1.54) is 12.0 Å². The fourth-order valence-electron chi connectivity index (χ4n) is 3.34. The maximum Gasteiger partial charge on any atom is 0.317 e. The average Bonchev–Trinajstić information content (AvgIpc) is 3.31. The zero-order valence-electron chi connectivity index (χ0n) is 13.3. The van der Waals surface area contributed by atoms with E-state index in [4.69, 9.17) is 0 Å². The summed E-state index contributed by atoms with van der Waals surface area (Å²) in [5.74, 6) is 0.401. The number of carbonyl (C=O) groups excluding carboxylic acids is 1. The van der Waals surface area contributed by atoms with E-state index in [0.29, 0.717) is 19.0 Å². The van der Waals surface area contributed by atoms with Crippen molar-refractivity contribution in [3.8, 4) is 0 Å². The number of hydrogen-bond acceptors (Lipinski definition) is 2. The van der Waals surface area contributed by atoms with Gasteiger partial charge in [0.05, 0.1) is 6.10 Å². The van der Waals surface area contributed by atoms with Crippen LogP contribution in [0.2, 0.25) is 0 Å². The molecule has 1 aromatic rings. The fourth-order valence-corrected chi connectivity index (χ4v) is 3.34. The minimum Gasteiger partial charge on any atom is -0.391 e. The van der Waals surface area contributed by atoms with E-state index in [9.17, 15) is 9.90 Å². The van der Waals surface area contributed by atoms with Crippen LogP contribution in [0.4, 0.5) is 4.79 Å². The molecule has 0 aromatic heterocycles. The van der Waals surface area contributed by atoms with Gasteiger partial charge in [0.15, 0.2) is 0 Å². The lowest BCUT2D eigenvalue weighted by atomic mass is 9.64. The van der Waals surface area contributed by atoms with Crippen molar-refractivity contribution in [2.45, 2.75) is 43.6 Å². The molecule has 0 bridgehead atoms. The van der Waals surface area contributed by atoms with Gasteiger partial charge in [0.2, 0.25) is 0 Å². The van der Waals surface area contributed by atoms with E-state index in [2.05, 4.69) is 29.6 Å². The fraction of sp³-hybridized carbons (Fsp3) is 0.611. The first-order valence-corrected chi connectivity index (χ1v) is 8.33. The van der Waals surface area contributed by atoms with E-state index in [0.717, 1.165) is 25.7 Å². The summed E-state index contributed by atoms with van der Waals surface area (Å²) in [5.41, 5.74) is 1.43. The Balaban J connectivity index is 1.53. The molecule has 3 rings (SSSR count). The molecule has 1 atom stereocenters. The van der Waals surface area contributed by atoms with Gasteiger partial charge in [-0.3, -0.25) is 0 Å². The third-order valence-corrected chi connectivity index (χ3v) is 5.25. The third-order valence-electron chi connectivity index (χ3n) is 5.25. The molecule has 0 spiro atoms. The average molecular weight is 302 g/mol. The Morgan fingerprint density at radius 3 is 2.59 bits per heavy atom. The molecular formula is C18H26N2O2. The number of urea groups is 1. The van der Waals surface area contributed by atoms with Gasteiger partial charge in [0.25, 0.3) is 0 Å². The zero-order valence-corrected chi connectivity index (χ0v) is 13.3. The highest BCUT2D eigenvalue weighted by atomic mass is 16.3. The molecule has 0 aliphatic heterocycles. The Morgan fingerprint density at radius 1 is 1.36 bits per heavy atom. The number of carbonyl (C=O) groups is 1. The standard InChI is InChI=1S/C18H26N2O2/c1-20(12-16(21)14-8-9-14)17(22)19-13-18(10-5-11-18)15-6-3-2-4-7-15/h2-4,6-7,14,16,21H,5,8-13H2,1H3,(H,19,22)/t16-/m0/s1. The highest BCUT2D eigenvalue weighted by Crippen LogP contribution is 2.43. The number of benzene rings is 1. The first-order chi connectivity index (χ1) is 10.6. The molecule has 2 amide bonds. The van der Waals surface area contributed by atoms with Crippen molar-refractivity contribution in [2.24, 2.45) is 5.92 Å². The number of likely N-dealkylation sites (N-methyl/N-ethyl adjacent to an activating group) is 1. The number of aliphatic hydroxyl groups excluding tert-OH is 1. The molecule has 2 N–H and O–H groups in total. The second kappa shape index (κ2) is 6.29. The van der Waals surface area contributed by atoms with E-state index >= 15 is 0 Å². The van der Waals surface area contributed by atoms with Gasteiger partial charge in [0.1, 0.15) is 0 Å². The monoisotopic (exact) mass is 302 g/mol. The van der Waals surface area contributed by atoms with E-state index in [-0.39, 0.29) is 17.6 Å². The van der Waals surface area contributed by atoms with Crippen LogP contribution in [0.3, 0.4) is 0 Å². The van der Waals surface area contributed by atoms with Gasteiger partial charge < -0.3 is 15.3 Å². The van der Waals surface area contributed by atoms with Crippen molar-refractivity contribution >= 4 is 6.03 Å². The van der Waals surface area contributed by atoms with Crippen LogP contribution in [-0.4, -0.2) is 42.3 Å². The van der Waals surface area contributed by atoms with Crippen LogP contribution >= 0.6 is 0 Å². The Hall–Kier alpha value is -1.55. The SMILES string of the molecule is CN(C[C@H](O)C1CC1)C(=O)NCC1(c2ccccc2)CCC1. The van der Waals surface area contributed by atoms with Gasteiger partial charge in [-0.25, -0.2) is 4.79 Å². The quantitative estimate of drug-likeness (QED) is 0.848. The molecule has 2 fully saturated rings. The van der Waals surface area contributed by atoms with Crippen molar-refractivity contribution in [1.29, 1.82) is 0 Å². The molecule has 4 nitrogen and oxygen atoms in total. The zero-order chi connectivity index (χ0) is 15.6. The van der Waals surface area contributed by atoms with Crippen molar-refractivity contribution in [2.75, 3.05) is 20.1 Å². The van der Waals surface area contributed by atoms with Crippen LogP contribution in [0.1, 0.15) is 37.7 Å². The molecule has 120 valence electrons. The summed E-state index contributed by atoms with van der Waals surface area (Å²) in [7, 11) is 1.76. The summed E-state index contributed by atoms with van der Waals surface area (Å²) >= 11 is 0. The molecule has 2 aliphatic rings. The highest BCUT2D eigenvalue weighted by Gasteiger charge is 2.39. The molecular weight excluding hydrogens is 276 g/mol. The Bertz CT molecular complexity index is 509. The molecule has 2 saturated carbocycles. The first kappa shape index (κ1) is 15.3. The molecule has 2 aliphatic carbocycles. The number of nitrogens with zero attached hydrogens (tertiary/aromatic N) is 1. The topological polar surface area (TPSA) is 52.6 Å². The number of amides is 2. The maximum atomic E-state index is 12.2. The van der Waals surface area contributed by atoms with E-state index < -0.39 is 0 Å². The Labute approximate surface area is 132 Å². The highest BCUT2D eigenvalue weighted by molar-refractivity contribution is 5.74. The van der Waals surface area contributed by atoms with E-state index in [1.54, 1.807) is 11.9 Å². The molecule has 0 saturated heterocycles. The smallest absolute Gasteiger partial charge is 0.317 e. The van der Waals surface area contributed by atoms with Crippen molar-refractivity contribution < 1.29 is 9.90 Å². The lowest BCUT2D eigenvalue weighted by molar-refractivity contribution is 0.112. The minimum atomic E-state index is -0.373. The summed E-state index contributed by atoms with van der Waals surface area (Å²) < 4.78 is 0. The predicted molar refractivity (Wildman–Crippen MR) is 86.7 cm³/mol. The number of rotatable bonds is 6. The van der Waals surface area contributed by atoms with Gasteiger partial charge in [-0.2, -0.15) is 0 Å². The van der Waals surface area contributed by atoms with Crippen LogP contribution in [0, 0.1) is 5.92 Å². The molecule has 0 unspecified atom stereocenters. The van der Waals surface area contributed by atoms with Gasteiger partial charge in [0, 0.05) is 25.6 Å². The van der Waals surface area contributed by atoms with Crippen molar-refractivity contribution in [3.05, 3.63) is 35.9 Å². The normalized spacial score (nSPS) is 20.8. The summed E-state index contributed by atoms with van der Waals surface area (Å²) in [6, 6.07) is 10.4. The lowest BCUT2D eigenvalue weighted by Crippen LogP contribution is -2.49. The van der Waals surface area contributed by atoms with Gasteiger partial charge in [-0.1, -0.05) is 36.8 Å². The van der Waals surface area contributed by atoms with E-state index in [1.807, 2.05) is 6.07 Å². The third kappa shape index (κ3) is 3.27. The van der Waals surface area contributed by atoms with Crippen LogP contribution in [0.25, 0.3) is 0 Å². The molecule has 0 radical (unpaired) electrons. The second-order valence-electron chi connectivity index (χ2n) is 6.94. The summed E-state index contributed by atoms with van der Waals surface area (Å²) in [4.78, 5) is 13.9. The Morgan fingerprint density at radius 2 is 2.05 bits per heavy atom. The second-order valence-corrected chi connectivity index (χ2v) is 6.94. The maximum absolute atomic E-state index is 12.2. The summed E-state index contributed by atoms with van der Waals surface area (Å²) in [6.07, 6.45) is 5.29.